The van der Waals surface area contributed by atoms with Crippen LogP contribution in [0.5, 0.6) is 0 Å². The minimum absolute atomic E-state index is 0.100. The Morgan fingerprint density at radius 3 is 2.71 bits per heavy atom. The maximum absolute atomic E-state index is 12.2. The van der Waals surface area contributed by atoms with Gasteiger partial charge in [0.25, 0.3) is 0 Å². The largest absolute Gasteiger partial charge is 0.477 e. The molecule has 1 aliphatic heterocycles. The summed E-state index contributed by atoms with van der Waals surface area (Å²) < 4.78 is 10.4. The Morgan fingerprint density at radius 1 is 1.48 bits per heavy atom. The van der Waals surface area contributed by atoms with Gasteiger partial charge in [-0.1, -0.05) is 5.16 Å². The molecular weight excluding hydrogens is 278 g/mol. The van der Waals surface area contributed by atoms with E-state index in [-0.39, 0.29) is 17.1 Å². The van der Waals surface area contributed by atoms with Crippen molar-refractivity contribution in [1.29, 1.82) is 0 Å². The first-order valence-electron chi connectivity index (χ1n) is 6.68. The fraction of sp³-hybridized carbons (Fsp3) is 0.615. The van der Waals surface area contributed by atoms with E-state index in [1.165, 1.54) is 4.90 Å². The first-order chi connectivity index (χ1) is 9.70. The Balaban J connectivity index is 2.27. The van der Waals surface area contributed by atoms with E-state index < -0.39 is 23.7 Å². The quantitative estimate of drug-likeness (QED) is 0.857. The Hall–Kier alpha value is -2.25. The van der Waals surface area contributed by atoms with E-state index >= 15 is 0 Å². The second-order valence-corrected chi connectivity index (χ2v) is 5.94. The molecule has 1 aromatic rings. The minimum Gasteiger partial charge on any atom is -0.477 e. The van der Waals surface area contributed by atoms with Gasteiger partial charge in [0.05, 0.1) is 6.04 Å². The van der Waals surface area contributed by atoms with E-state index in [2.05, 4.69) is 5.16 Å². The van der Waals surface area contributed by atoms with E-state index in [1.807, 2.05) is 0 Å². The summed E-state index contributed by atoms with van der Waals surface area (Å²) in [6.45, 7) is 5.78. The number of carboxylic acid groups (broad SMARTS) is 1. The van der Waals surface area contributed by atoms with Crippen LogP contribution >= 0.6 is 0 Å². The maximum atomic E-state index is 12.2. The third-order valence-electron chi connectivity index (χ3n) is 3.14. The van der Waals surface area contributed by atoms with Crippen LogP contribution in [0, 0.1) is 0 Å². The Labute approximate surface area is 121 Å². The average molecular weight is 297 g/mol. The molecule has 0 bridgehead atoms. The monoisotopic (exact) mass is 297 g/mol. The fourth-order valence-electron chi connectivity index (χ4n) is 2.34. The number of rotatable bonds is 2. The molecule has 1 unspecified atom stereocenters. The van der Waals surface area contributed by atoms with Crippen molar-refractivity contribution < 1.29 is 24.0 Å². The summed E-state index contributed by atoms with van der Waals surface area (Å²) >= 11 is 0. The minimum atomic E-state index is -1.22. The molecule has 1 saturated heterocycles. The van der Waals surface area contributed by atoms with Crippen molar-refractivity contribution in [3.8, 4) is 0 Å². The molecule has 1 fully saturated rings. The van der Waals surface area contributed by atoms with E-state index in [4.69, 9.17) is 15.0 Å². The average Bonchev–Trinajstić information content (AvgIpc) is 2.91. The van der Waals surface area contributed by atoms with Gasteiger partial charge in [-0.25, -0.2) is 9.59 Å². The summed E-state index contributed by atoms with van der Waals surface area (Å²) in [5.41, 5.74) is 4.70. The first-order valence-corrected chi connectivity index (χ1v) is 6.68. The number of nitrogens with two attached hydrogens (primary N) is 1. The van der Waals surface area contributed by atoms with Crippen molar-refractivity contribution in [2.24, 2.45) is 0 Å². The van der Waals surface area contributed by atoms with Crippen molar-refractivity contribution in [2.75, 3.05) is 12.3 Å². The van der Waals surface area contributed by atoms with Crippen molar-refractivity contribution in [1.82, 2.24) is 10.1 Å². The summed E-state index contributed by atoms with van der Waals surface area (Å²) in [6.07, 6.45) is 0.800. The van der Waals surface area contributed by atoms with Gasteiger partial charge < -0.3 is 20.1 Å². The van der Waals surface area contributed by atoms with Crippen LogP contribution < -0.4 is 5.73 Å². The zero-order valence-electron chi connectivity index (χ0n) is 12.3. The molecule has 1 aromatic heterocycles. The number of aromatic nitrogens is 1. The highest BCUT2D eigenvalue weighted by Crippen LogP contribution is 2.36. The highest BCUT2D eigenvalue weighted by Gasteiger charge is 2.38. The molecule has 1 aliphatic rings. The number of hydrogen-bond acceptors (Lipinski definition) is 6. The van der Waals surface area contributed by atoms with Gasteiger partial charge in [0, 0.05) is 6.54 Å². The summed E-state index contributed by atoms with van der Waals surface area (Å²) in [7, 11) is 0. The topological polar surface area (TPSA) is 119 Å². The van der Waals surface area contributed by atoms with Gasteiger partial charge in [-0.15, -0.1) is 0 Å². The first kappa shape index (κ1) is 15.1. The molecule has 0 aliphatic carbocycles. The van der Waals surface area contributed by atoms with Crippen LogP contribution in [0.15, 0.2) is 4.52 Å². The molecule has 21 heavy (non-hydrogen) atoms. The molecule has 0 aromatic carbocycles. The van der Waals surface area contributed by atoms with Crippen molar-refractivity contribution in [3.63, 3.8) is 0 Å². The molecule has 1 atom stereocenters. The van der Waals surface area contributed by atoms with Crippen LogP contribution in [-0.2, 0) is 4.74 Å². The van der Waals surface area contributed by atoms with Crippen LogP contribution in [0.2, 0.25) is 0 Å². The Kier molecular flexibility index (Phi) is 3.80. The number of carboxylic acids is 1. The number of aromatic carboxylic acids is 1. The molecule has 1 amide bonds. The van der Waals surface area contributed by atoms with Gasteiger partial charge in [0.2, 0.25) is 0 Å². The number of carbonyl (C=O) groups excluding carboxylic acids is 1. The van der Waals surface area contributed by atoms with Gasteiger partial charge in [-0.3, -0.25) is 4.90 Å². The Morgan fingerprint density at radius 2 is 2.14 bits per heavy atom. The number of carbonyl (C=O) groups is 2. The zero-order valence-corrected chi connectivity index (χ0v) is 12.3. The van der Waals surface area contributed by atoms with Crippen LogP contribution in [0.4, 0.5) is 10.6 Å². The number of amides is 1. The molecule has 0 saturated carbocycles. The zero-order chi connectivity index (χ0) is 15.8. The molecular formula is C13H19N3O5. The van der Waals surface area contributed by atoms with Crippen LogP contribution in [0.3, 0.4) is 0 Å². The second kappa shape index (κ2) is 5.27. The summed E-state index contributed by atoms with van der Waals surface area (Å²) in [6, 6.07) is -0.518. The number of nitrogen functional groups attached to an aromatic ring is 1. The van der Waals surface area contributed by atoms with Crippen molar-refractivity contribution in [3.05, 3.63) is 11.3 Å². The third-order valence-corrected chi connectivity index (χ3v) is 3.14. The van der Waals surface area contributed by atoms with E-state index in [0.29, 0.717) is 13.0 Å². The number of hydrogen-bond donors (Lipinski definition) is 2. The van der Waals surface area contributed by atoms with E-state index in [1.54, 1.807) is 20.8 Å². The third kappa shape index (κ3) is 3.09. The van der Waals surface area contributed by atoms with Gasteiger partial charge in [0.15, 0.2) is 11.6 Å². The lowest BCUT2D eigenvalue weighted by Gasteiger charge is -2.27. The Bertz CT molecular complexity index is 561. The number of anilines is 1. The standard InChI is InChI=1S/C13H19N3O5/c1-13(2,3)20-12(19)16-6-4-5-7(16)9-8(11(17)18)10(14)15-21-9/h7H,4-6H2,1-3H3,(H2,14,15)(H,17,18). The van der Waals surface area contributed by atoms with Gasteiger partial charge in [-0.05, 0) is 33.6 Å². The maximum Gasteiger partial charge on any atom is 0.410 e. The molecule has 2 rings (SSSR count). The van der Waals surface area contributed by atoms with Crippen LogP contribution in [0.25, 0.3) is 0 Å². The van der Waals surface area contributed by atoms with Gasteiger partial charge in [-0.2, -0.15) is 0 Å². The lowest BCUT2D eigenvalue weighted by molar-refractivity contribution is 0.0201. The number of ether oxygens (including phenoxy) is 1. The van der Waals surface area contributed by atoms with Crippen LogP contribution in [-0.4, -0.2) is 39.4 Å². The van der Waals surface area contributed by atoms with Gasteiger partial charge >= 0.3 is 12.1 Å². The highest BCUT2D eigenvalue weighted by atomic mass is 16.6. The lowest BCUT2D eigenvalue weighted by atomic mass is 10.1. The molecule has 116 valence electrons. The SMILES string of the molecule is CC(C)(C)OC(=O)N1CCCC1c1onc(N)c1C(=O)O. The second-order valence-electron chi connectivity index (χ2n) is 5.94. The molecule has 0 spiro atoms. The molecule has 2 heterocycles. The highest BCUT2D eigenvalue weighted by molar-refractivity contribution is 5.93. The van der Waals surface area contributed by atoms with Gasteiger partial charge in [0.1, 0.15) is 11.2 Å². The molecule has 8 nitrogen and oxygen atoms in total. The molecule has 0 radical (unpaired) electrons. The summed E-state index contributed by atoms with van der Waals surface area (Å²) in [5.74, 6) is -1.31. The summed E-state index contributed by atoms with van der Waals surface area (Å²) in [4.78, 5) is 24.9. The molecule has 8 heteroatoms. The smallest absolute Gasteiger partial charge is 0.410 e. The number of likely N-dealkylation sites (tertiary alicyclic amines) is 1. The predicted octanol–water partition coefficient (Wildman–Crippen LogP) is 2.03. The lowest BCUT2D eigenvalue weighted by Crippen LogP contribution is -2.36. The van der Waals surface area contributed by atoms with E-state index in [9.17, 15) is 14.7 Å². The summed E-state index contributed by atoms with van der Waals surface area (Å²) in [5, 5.41) is 12.7. The normalized spacial score (nSPS) is 18.8. The van der Waals surface area contributed by atoms with Crippen molar-refractivity contribution in [2.45, 2.75) is 45.3 Å². The number of nitrogens with zero attached hydrogens (tertiary/aromatic N) is 2. The van der Waals surface area contributed by atoms with Crippen molar-refractivity contribution >= 4 is 17.9 Å². The van der Waals surface area contributed by atoms with E-state index in [0.717, 1.165) is 6.42 Å². The predicted molar refractivity (Wildman–Crippen MR) is 72.8 cm³/mol. The molecule has 3 N–H and O–H groups in total. The van der Waals surface area contributed by atoms with Crippen LogP contribution in [0.1, 0.15) is 55.8 Å². The fourth-order valence-corrected chi connectivity index (χ4v) is 2.34.